The number of anilines is 1. The van der Waals surface area contributed by atoms with E-state index in [1.165, 1.54) is 23.5 Å². The summed E-state index contributed by atoms with van der Waals surface area (Å²) >= 11 is 7.99. The second-order valence-electron chi connectivity index (χ2n) is 12.8. The van der Waals surface area contributed by atoms with Crippen molar-refractivity contribution in [2.45, 2.75) is 56.7 Å². The van der Waals surface area contributed by atoms with Gasteiger partial charge in [0.1, 0.15) is 5.82 Å². The standard InChI is InChI=1S/C34H40ClFN4O5S/c1-38-10-12-39(13-11-38)23-16-24(19-45-25-8-6-21(7-9-25)34(43)44)40(18-23)32(41)15-22-14-28(35)30(17-29(22)36)37-33(42)27-20-46-31-5-3-2-4-26(27)31/h2-5,14,17,20-21,23-25H,6-13,15-16,18-19H2,1H3,(H,37,42)(H,43,44)/t21?,23-,24-,25?/m0/s1. The van der Waals surface area contributed by atoms with Gasteiger partial charge in [-0.25, -0.2) is 4.39 Å². The number of ether oxygens (including phenoxy) is 1. The number of aliphatic carboxylic acids is 1. The fourth-order valence-corrected chi connectivity index (χ4v) is 8.13. The van der Waals surface area contributed by atoms with E-state index in [9.17, 15) is 19.5 Å². The van der Waals surface area contributed by atoms with E-state index in [4.69, 9.17) is 16.3 Å². The fourth-order valence-electron chi connectivity index (χ4n) is 6.96. The Bertz CT molecular complexity index is 1590. The summed E-state index contributed by atoms with van der Waals surface area (Å²) in [4.78, 5) is 44.7. The first kappa shape index (κ1) is 32.8. The normalized spacial score (nSPS) is 24.4. The molecule has 0 bridgehead atoms. The van der Waals surface area contributed by atoms with E-state index >= 15 is 4.39 Å². The summed E-state index contributed by atoms with van der Waals surface area (Å²) in [6, 6.07) is 10.2. The Balaban J connectivity index is 1.12. The molecule has 2 N–H and O–H groups in total. The Labute approximate surface area is 277 Å². The van der Waals surface area contributed by atoms with Gasteiger partial charge in [-0.15, -0.1) is 11.3 Å². The van der Waals surface area contributed by atoms with E-state index in [1.807, 2.05) is 29.2 Å². The maximum Gasteiger partial charge on any atom is 0.306 e. The number of hydrogen-bond acceptors (Lipinski definition) is 7. The first-order chi connectivity index (χ1) is 22.2. The maximum absolute atomic E-state index is 15.4. The quantitative estimate of drug-likeness (QED) is 0.316. The van der Waals surface area contributed by atoms with Crippen LogP contribution in [0.4, 0.5) is 10.1 Å². The highest BCUT2D eigenvalue weighted by Crippen LogP contribution is 2.32. The Morgan fingerprint density at radius 1 is 1.09 bits per heavy atom. The summed E-state index contributed by atoms with van der Waals surface area (Å²) < 4.78 is 22.7. The van der Waals surface area contributed by atoms with E-state index in [-0.39, 0.29) is 58.6 Å². The zero-order valence-electron chi connectivity index (χ0n) is 25.9. The number of halogens is 2. The molecule has 6 rings (SSSR count). The van der Waals surface area contributed by atoms with Crippen LogP contribution in [0.2, 0.25) is 5.02 Å². The summed E-state index contributed by atoms with van der Waals surface area (Å²) in [7, 11) is 2.11. The van der Waals surface area contributed by atoms with Crippen LogP contribution < -0.4 is 5.32 Å². The average molecular weight is 671 g/mol. The number of likely N-dealkylation sites (tertiary alicyclic amines) is 1. The number of likely N-dealkylation sites (N-methyl/N-ethyl adjacent to an activating group) is 1. The molecule has 12 heteroatoms. The van der Waals surface area contributed by atoms with Gasteiger partial charge in [-0.2, -0.15) is 0 Å². The highest BCUT2D eigenvalue weighted by Gasteiger charge is 2.39. The number of hydrogen-bond donors (Lipinski definition) is 2. The number of rotatable bonds is 9. The van der Waals surface area contributed by atoms with Crippen LogP contribution in [0.5, 0.6) is 0 Å². The average Bonchev–Trinajstić information content (AvgIpc) is 3.68. The molecule has 3 aromatic rings. The van der Waals surface area contributed by atoms with Crippen LogP contribution >= 0.6 is 22.9 Å². The van der Waals surface area contributed by atoms with Crippen molar-refractivity contribution in [2.75, 3.05) is 51.7 Å². The molecule has 46 heavy (non-hydrogen) atoms. The number of carboxylic acids is 1. The number of nitrogens with one attached hydrogen (secondary N) is 1. The molecule has 2 aromatic carbocycles. The largest absolute Gasteiger partial charge is 0.481 e. The second-order valence-corrected chi connectivity index (χ2v) is 14.1. The van der Waals surface area contributed by atoms with E-state index in [2.05, 4.69) is 22.2 Å². The maximum atomic E-state index is 15.4. The van der Waals surface area contributed by atoms with E-state index in [0.29, 0.717) is 44.4 Å². The van der Waals surface area contributed by atoms with Gasteiger partial charge in [0.15, 0.2) is 0 Å². The highest BCUT2D eigenvalue weighted by molar-refractivity contribution is 7.17. The number of carboxylic acid groups (broad SMARTS) is 1. The minimum absolute atomic E-state index is 0.0266. The zero-order chi connectivity index (χ0) is 32.4. The number of nitrogens with zero attached hydrogens (tertiary/aromatic N) is 3. The van der Waals surface area contributed by atoms with Crippen molar-refractivity contribution >= 4 is 56.5 Å². The van der Waals surface area contributed by atoms with Gasteiger partial charge in [-0.1, -0.05) is 29.8 Å². The van der Waals surface area contributed by atoms with Crippen LogP contribution in [-0.2, 0) is 20.7 Å². The Morgan fingerprint density at radius 2 is 1.83 bits per heavy atom. The number of fused-ring (bicyclic) bond motifs is 1. The number of carbonyl (C=O) groups is 3. The van der Waals surface area contributed by atoms with Crippen LogP contribution in [0.15, 0.2) is 41.8 Å². The molecule has 3 fully saturated rings. The van der Waals surface area contributed by atoms with Crippen LogP contribution in [0.3, 0.4) is 0 Å². The summed E-state index contributed by atoms with van der Waals surface area (Å²) in [5, 5.41) is 14.8. The summed E-state index contributed by atoms with van der Waals surface area (Å²) in [5.41, 5.74) is 0.808. The lowest BCUT2D eigenvalue weighted by molar-refractivity contribution is -0.144. The Hall–Kier alpha value is -3.09. The number of carbonyl (C=O) groups excluding carboxylic acids is 2. The molecule has 0 spiro atoms. The molecule has 1 saturated carbocycles. The zero-order valence-corrected chi connectivity index (χ0v) is 27.5. The first-order valence-electron chi connectivity index (χ1n) is 16.0. The molecule has 2 atom stereocenters. The van der Waals surface area contributed by atoms with Crippen molar-refractivity contribution in [3.05, 3.63) is 63.7 Å². The lowest BCUT2D eigenvalue weighted by Gasteiger charge is -2.36. The van der Waals surface area contributed by atoms with Crippen LogP contribution in [0.25, 0.3) is 10.1 Å². The Morgan fingerprint density at radius 3 is 2.57 bits per heavy atom. The van der Waals surface area contributed by atoms with E-state index < -0.39 is 11.8 Å². The third kappa shape index (κ3) is 7.39. The van der Waals surface area contributed by atoms with Crippen molar-refractivity contribution in [2.24, 2.45) is 5.92 Å². The van der Waals surface area contributed by atoms with Gasteiger partial charge >= 0.3 is 5.97 Å². The number of piperazine rings is 1. The molecule has 1 aromatic heterocycles. The molecule has 9 nitrogen and oxygen atoms in total. The third-order valence-electron chi connectivity index (χ3n) is 9.77. The summed E-state index contributed by atoms with van der Waals surface area (Å²) in [6.07, 6.45) is 3.15. The predicted molar refractivity (Wildman–Crippen MR) is 177 cm³/mol. The highest BCUT2D eigenvalue weighted by atomic mass is 35.5. The van der Waals surface area contributed by atoms with Crippen molar-refractivity contribution in [3.8, 4) is 0 Å². The molecule has 3 heterocycles. The lowest BCUT2D eigenvalue weighted by Crippen LogP contribution is -2.50. The van der Waals surface area contributed by atoms with E-state index in [0.717, 1.165) is 42.7 Å². The van der Waals surface area contributed by atoms with E-state index in [1.54, 1.807) is 5.38 Å². The molecule has 246 valence electrons. The first-order valence-corrected chi connectivity index (χ1v) is 17.2. The predicted octanol–water partition coefficient (Wildman–Crippen LogP) is 5.37. The van der Waals surface area contributed by atoms with Gasteiger partial charge in [-0.05, 0) is 62.9 Å². The second kappa shape index (κ2) is 14.4. The van der Waals surface area contributed by atoms with Gasteiger partial charge in [0.25, 0.3) is 5.91 Å². The third-order valence-corrected chi connectivity index (χ3v) is 11.0. The number of benzene rings is 2. The SMILES string of the molecule is CN1CCN([C@H]2C[C@@H](COC3CCC(C(=O)O)CC3)N(C(=O)Cc3cc(Cl)c(NC(=O)c4csc5ccccc45)cc3F)C2)CC1. The lowest BCUT2D eigenvalue weighted by atomic mass is 9.87. The topological polar surface area (TPSA) is 102 Å². The van der Waals surface area contributed by atoms with Crippen LogP contribution in [0.1, 0.15) is 48.0 Å². The summed E-state index contributed by atoms with van der Waals surface area (Å²) in [5.74, 6) is -2.26. The van der Waals surface area contributed by atoms with Gasteiger partial charge in [0.05, 0.1) is 47.4 Å². The van der Waals surface area contributed by atoms with Crippen molar-refractivity contribution in [1.29, 1.82) is 0 Å². The fraction of sp³-hybridized carbons (Fsp3) is 0.500. The number of thiophene rings is 1. The molecule has 0 unspecified atom stereocenters. The van der Waals surface area contributed by atoms with Gasteiger partial charge in [0, 0.05) is 54.2 Å². The van der Waals surface area contributed by atoms with Crippen molar-refractivity contribution in [3.63, 3.8) is 0 Å². The van der Waals surface area contributed by atoms with Crippen LogP contribution in [-0.4, -0.2) is 102 Å². The molecule has 3 aliphatic rings. The molecular weight excluding hydrogens is 631 g/mol. The Kier molecular flexibility index (Phi) is 10.2. The van der Waals surface area contributed by atoms with Crippen LogP contribution in [0, 0.1) is 11.7 Å². The summed E-state index contributed by atoms with van der Waals surface area (Å²) in [6.45, 7) is 4.69. The minimum Gasteiger partial charge on any atom is -0.481 e. The van der Waals surface area contributed by atoms with Gasteiger partial charge < -0.3 is 25.0 Å². The minimum atomic E-state index is -0.750. The molecule has 0 radical (unpaired) electrons. The molecule has 2 saturated heterocycles. The molecule has 2 aliphatic heterocycles. The molecule has 2 amide bonds. The molecule has 1 aliphatic carbocycles. The van der Waals surface area contributed by atoms with Crippen molar-refractivity contribution < 1.29 is 28.6 Å². The van der Waals surface area contributed by atoms with Gasteiger partial charge in [-0.3, -0.25) is 19.3 Å². The smallest absolute Gasteiger partial charge is 0.306 e. The monoisotopic (exact) mass is 670 g/mol. The van der Waals surface area contributed by atoms with Gasteiger partial charge in [0.2, 0.25) is 5.91 Å². The molecular formula is C34H40ClFN4O5S. The number of amides is 2. The van der Waals surface area contributed by atoms with Crippen molar-refractivity contribution in [1.82, 2.24) is 14.7 Å².